The third-order valence-corrected chi connectivity index (χ3v) is 2.81. The highest BCUT2D eigenvalue weighted by atomic mass is 79.9. The van der Waals surface area contributed by atoms with Crippen LogP contribution in [-0.2, 0) is 20.9 Å². The SMILES string of the molecule is CC(=O)NCC(=O)NCC(=O)NCc1cc(F)cc(Br)c1. The van der Waals surface area contributed by atoms with Gasteiger partial charge in [-0.25, -0.2) is 4.39 Å². The third kappa shape index (κ3) is 7.40. The summed E-state index contributed by atoms with van der Waals surface area (Å²) in [5.41, 5.74) is 0.597. The number of nitrogens with one attached hydrogen (secondary N) is 3. The summed E-state index contributed by atoms with van der Waals surface area (Å²) in [6.45, 7) is 1.04. The average molecular weight is 360 g/mol. The zero-order chi connectivity index (χ0) is 15.8. The fourth-order valence-electron chi connectivity index (χ4n) is 1.42. The van der Waals surface area contributed by atoms with Gasteiger partial charge in [0.2, 0.25) is 17.7 Å². The van der Waals surface area contributed by atoms with Crippen LogP contribution in [0.1, 0.15) is 12.5 Å². The molecule has 0 atom stereocenters. The van der Waals surface area contributed by atoms with Crippen LogP contribution in [0.15, 0.2) is 22.7 Å². The number of amides is 3. The number of hydrogen-bond acceptors (Lipinski definition) is 3. The Bertz CT molecular complexity index is 531. The van der Waals surface area contributed by atoms with Gasteiger partial charge in [-0.15, -0.1) is 0 Å². The normalized spacial score (nSPS) is 9.86. The highest BCUT2D eigenvalue weighted by Crippen LogP contribution is 2.14. The zero-order valence-corrected chi connectivity index (χ0v) is 12.9. The molecule has 0 heterocycles. The lowest BCUT2D eigenvalue weighted by Crippen LogP contribution is -2.41. The summed E-state index contributed by atoms with van der Waals surface area (Å²) in [4.78, 5) is 33.4. The van der Waals surface area contributed by atoms with Crippen molar-refractivity contribution in [1.82, 2.24) is 16.0 Å². The van der Waals surface area contributed by atoms with Gasteiger partial charge in [-0.3, -0.25) is 14.4 Å². The second kappa shape index (κ2) is 8.35. The molecule has 1 rings (SSSR count). The van der Waals surface area contributed by atoms with Crippen molar-refractivity contribution in [3.63, 3.8) is 0 Å². The molecular formula is C13H15BrFN3O3. The smallest absolute Gasteiger partial charge is 0.239 e. The minimum absolute atomic E-state index is 0.150. The zero-order valence-electron chi connectivity index (χ0n) is 11.3. The van der Waals surface area contributed by atoms with Gasteiger partial charge in [0.05, 0.1) is 13.1 Å². The van der Waals surface area contributed by atoms with Gasteiger partial charge in [-0.2, -0.15) is 0 Å². The molecule has 0 spiro atoms. The van der Waals surface area contributed by atoms with E-state index in [4.69, 9.17) is 0 Å². The molecule has 3 N–H and O–H groups in total. The first-order valence-corrected chi connectivity index (χ1v) is 6.89. The fourth-order valence-corrected chi connectivity index (χ4v) is 1.93. The van der Waals surface area contributed by atoms with Gasteiger partial charge in [-0.1, -0.05) is 15.9 Å². The summed E-state index contributed by atoms with van der Waals surface area (Å²) in [7, 11) is 0. The molecule has 0 aliphatic rings. The van der Waals surface area contributed by atoms with E-state index in [1.54, 1.807) is 6.07 Å². The van der Waals surface area contributed by atoms with E-state index in [0.29, 0.717) is 10.0 Å². The number of halogens is 2. The highest BCUT2D eigenvalue weighted by molar-refractivity contribution is 9.10. The molecule has 0 unspecified atom stereocenters. The first kappa shape index (κ1) is 17.1. The first-order chi connectivity index (χ1) is 9.86. The average Bonchev–Trinajstić information content (AvgIpc) is 2.39. The molecule has 0 fully saturated rings. The number of benzene rings is 1. The summed E-state index contributed by atoms with van der Waals surface area (Å²) in [6.07, 6.45) is 0. The Morgan fingerprint density at radius 3 is 2.29 bits per heavy atom. The quantitative estimate of drug-likeness (QED) is 0.689. The summed E-state index contributed by atoms with van der Waals surface area (Å²) >= 11 is 3.15. The van der Waals surface area contributed by atoms with E-state index in [9.17, 15) is 18.8 Å². The summed E-state index contributed by atoms with van der Waals surface area (Å²) in [5.74, 6) is -1.61. The van der Waals surface area contributed by atoms with E-state index in [-0.39, 0.29) is 25.5 Å². The number of carbonyl (C=O) groups is 3. The Labute approximate surface area is 129 Å². The second-order valence-electron chi connectivity index (χ2n) is 4.24. The van der Waals surface area contributed by atoms with Gasteiger partial charge < -0.3 is 16.0 Å². The Kier molecular flexibility index (Phi) is 6.80. The molecule has 0 aromatic heterocycles. The molecule has 1 aromatic rings. The van der Waals surface area contributed by atoms with E-state index in [2.05, 4.69) is 31.9 Å². The van der Waals surface area contributed by atoms with Crippen molar-refractivity contribution >= 4 is 33.7 Å². The Hall–Kier alpha value is -1.96. The van der Waals surface area contributed by atoms with Crippen LogP contribution in [0.5, 0.6) is 0 Å². The molecule has 3 amide bonds. The monoisotopic (exact) mass is 359 g/mol. The Morgan fingerprint density at radius 1 is 1.05 bits per heavy atom. The van der Waals surface area contributed by atoms with Crippen LogP contribution >= 0.6 is 15.9 Å². The second-order valence-corrected chi connectivity index (χ2v) is 5.16. The maximum atomic E-state index is 13.1. The topological polar surface area (TPSA) is 87.3 Å². The Balaban J connectivity index is 2.31. The lowest BCUT2D eigenvalue weighted by Gasteiger charge is -2.08. The molecule has 0 aliphatic heterocycles. The van der Waals surface area contributed by atoms with Crippen molar-refractivity contribution in [3.8, 4) is 0 Å². The summed E-state index contributed by atoms with van der Waals surface area (Å²) in [5, 5.41) is 7.20. The van der Waals surface area contributed by atoms with Gasteiger partial charge >= 0.3 is 0 Å². The molecule has 1 aromatic carbocycles. The predicted octanol–water partition coefficient (Wildman–Crippen LogP) is 0.457. The standard InChI is InChI=1S/C13H15BrFN3O3/c1-8(19)16-6-12(20)18-7-13(21)17-5-9-2-10(14)4-11(15)3-9/h2-4H,5-7H2,1H3,(H,16,19)(H,17,21)(H,18,20). The third-order valence-electron chi connectivity index (χ3n) is 2.36. The maximum absolute atomic E-state index is 13.1. The van der Waals surface area contributed by atoms with Crippen LogP contribution in [0.4, 0.5) is 4.39 Å². The van der Waals surface area contributed by atoms with Crippen molar-refractivity contribution in [3.05, 3.63) is 34.1 Å². The van der Waals surface area contributed by atoms with Crippen molar-refractivity contribution < 1.29 is 18.8 Å². The molecular weight excluding hydrogens is 345 g/mol. The number of hydrogen-bond donors (Lipinski definition) is 3. The Morgan fingerprint density at radius 2 is 1.67 bits per heavy atom. The van der Waals surface area contributed by atoms with Gasteiger partial charge in [0.1, 0.15) is 5.82 Å². The van der Waals surface area contributed by atoms with E-state index in [1.807, 2.05) is 0 Å². The van der Waals surface area contributed by atoms with E-state index in [0.717, 1.165) is 0 Å². The van der Waals surface area contributed by atoms with Gasteiger partial charge in [-0.05, 0) is 23.8 Å². The van der Waals surface area contributed by atoms with Crippen molar-refractivity contribution in [2.75, 3.05) is 13.1 Å². The summed E-state index contributed by atoms with van der Waals surface area (Å²) in [6, 6.07) is 4.30. The molecule has 0 bridgehead atoms. The van der Waals surface area contributed by atoms with E-state index < -0.39 is 17.6 Å². The van der Waals surface area contributed by atoms with Crippen LogP contribution in [0.3, 0.4) is 0 Å². The van der Waals surface area contributed by atoms with Crippen molar-refractivity contribution in [2.24, 2.45) is 0 Å². The molecule has 8 heteroatoms. The van der Waals surface area contributed by atoms with Gasteiger partial charge in [0.15, 0.2) is 0 Å². The largest absolute Gasteiger partial charge is 0.350 e. The number of carbonyl (C=O) groups excluding carboxylic acids is 3. The van der Waals surface area contributed by atoms with Crippen LogP contribution in [0, 0.1) is 5.82 Å². The minimum atomic E-state index is -0.464. The molecule has 114 valence electrons. The van der Waals surface area contributed by atoms with Crippen LogP contribution in [0.2, 0.25) is 0 Å². The predicted molar refractivity (Wildman–Crippen MR) is 77.6 cm³/mol. The lowest BCUT2D eigenvalue weighted by atomic mass is 10.2. The minimum Gasteiger partial charge on any atom is -0.350 e. The number of rotatable bonds is 6. The molecule has 0 saturated carbocycles. The fraction of sp³-hybridized carbons (Fsp3) is 0.308. The van der Waals surface area contributed by atoms with Crippen molar-refractivity contribution in [1.29, 1.82) is 0 Å². The highest BCUT2D eigenvalue weighted by Gasteiger charge is 2.06. The summed E-state index contributed by atoms with van der Waals surface area (Å²) < 4.78 is 13.7. The molecule has 0 aliphatic carbocycles. The first-order valence-electron chi connectivity index (χ1n) is 6.09. The lowest BCUT2D eigenvalue weighted by molar-refractivity contribution is -0.127. The van der Waals surface area contributed by atoms with Crippen LogP contribution in [-0.4, -0.2) is 30.8 Å². The molecule has 21 heavy (non-hydrogen) atoms. The van der Waals surface area contributed by atoms with Crippen LogP contribution < -0.4 is 16.0 Å². The molecule has 0 saturated heterocycles. The molecule has 0 radical (unpaired) electrons. The van der Waals surface area contributed by atoms with Gasteiger partial charge in [0, 0.05) is 17.9 Å². The van der Waals surface area contributed by atoms with Gasteiger partial charge in [0.25, 0.3) is 0 Å². The van der Waals surface area contributed by atoms with E-state index in [1.165, 1.54) is 19.1 Å². The van der Waals surface area contributed by atoms with Crippen molar-refractivity contribution in [2.45, 2.75) is 13.5 Å². The van der Waals surface area contributed by atoms with Crippen LogP contribution in [0.25, 0.3) is 0 Å². The maximum Gasteiger partial charge on any atom is 0.239 e. The molecule has 6 nitrogen and oxygen atoms in total. The van der Waals surface area contributed by atoms with E-state index >= 15 is 0 Å².